The Kier molecular flexibility index (Phi) is 7.50. The van der Waals surface area contributed by atoms with Crippen LogP contribution in [0.3, 0.4) is 0 Å². The Morgan fingerprint density at radius 3 is 2.29 bits per heavy atom. The fraction of sp³-hybridized carbons (Fsp3) is 0.308. The van der Waals surface area contributed by atoms with Crippen molar-refractivity contribution >= 4 is 23.3 Å². The van der Waals surface area contributed by atoms with Crippen molar-refractivity contribution in [3.63, 3.8) is 0 Å². The third-order valence-corrected chi connectivity index (χ3v) is 5.86. The standard InChI is InChI=1S/C26H29N3O5/c1-16-11-12-20(15-17(16)2)22(30)13-14-23(31)34-19(4)25(32)27-24-18(3)28(5)29(26(24)33)21-9-7-6-8-10-21/h6-12,15,19H,13-14H2,1-5H3,(H,27,32). The molecular weight excluding hydrogens is 434 g/mol. The van der Waals surface area contributed by atoms with Crippen LogP contribution in [0.15, 0.2) is 53.3 Å². The highest BCUT2D eigenvalue weighted by molar-refractivity contribution is 5.98. The molecule has 34 heavy (non-hydrogen) atoms. The molecule has 8 heteroatoms. The molecule has 0 bridgehead atoms. The molecule has 1 N–H and O–H groups in total. The lowest BCUT2D eigenvalue weighted by Crippen LogP contribution is -2.32. The van der Waals surface area contributed by atoms with Crippen LogP contribution >= 0.6 is 0 Å². The van der Waals surface area contributed by atoms with Gasteiger partial charge in [-0.1, -0.05) is 30.3 Å². The summed E-state index contributed by atoms with van der Waals surface area (Å²) in [5.74, 6) is -1.45. The average molecular weight is 464 g/mol. The van der Waals surface area contributed by atoms with Gasteiger partial charge in [0, 0.05) is 19.0 Å². The summed E-state index contributed by atoms with van der Waals surface area (Å²) in [6.45, 7) is 7.02. The number of benzene rings is 2. The van der Waals surface area contributed by atoms with Crippen molar-refractivity contribution in [1.29, 1.82) is 0 Å². The van der Waals surface area contributed by atoms with Gasteiger partial charge in [0.25, 0.3) is 11.5 Å². The fourth-order valence-electron chi connectivity index (χ4n) is 3.52. The Bertz CT molecular complexity index is 1290. The fourth-order valence-corrected chi connectivity index (χ4v) is 3.52. The topological polar surface area (TPSA) is 99.4 Å². The van der Waals surface area contributed by atoms with Crippen LogP contribution in [0.4, 0.5) is 5.69 Å². The van der Waals surface area contributed by atoms with Gasteiger partial charge in [0.05, 0.1) is 17.8 Å². The lowest BCUT2D eigenvalue weighted by molar-refractivity contribution is -0.153. The van der Waals surface area contributed by atoms with Crippen molar-refractivity contribution in [1.82, 2.24) is 9.36 Å². The zero-order valence-corrected chi connectivity index (χ0v) is 20.0. The van der Waals surface area contributed by atoms with Crippen LogP contribution in [-0.4, -0.2) is 33.1 Å². The molecule has 1 amide bonds. The van der Waals surface area contributed by atoms with Crippen LogP contribution in [0, 0.1) is 20.8 Å². The summed E-state index contributed by atoms with van der Waals surface area (Å²) in [5.41, 5.74) is 3.56. The molecule has 0 aliphatic heterocycles. The number of amides is 1. The van der Waals surface area contributed by atoms with Gasteiger partial charge < -0.3 is 10.1 Å². The molecule has 0 saturated heterocycles. The van der Waals surface area contributed by atoms with Gasteiger partial charge in [-0.15, -0.1) is 0 Å². The SMILES string of the molecule is Cc1ccc(C(=O)CCC(=O)OC(C)C(=O)Nc2c(C)n(C)n(-c3ccccc3)c2=O)cc1C. The van der Waals surface area contributed by atoms with Crippen molar-refractivity contribution in [3.8, 4) is 5.69 Å². The minimum Gasteiger partial charge on any atom is -0.453 e. The smallest absolute Gasteiger partial charge is 0.307 e. The van der Waals surface area contributed by atoms with Crippen molar-refractivity contribution in [2.45, 2.75) is 46.6 Å². The number of nitrogens with one attached hydrogen (secondary N) is 1. The quantitative estimate of drug-likeness (QED) is 0.406. The maximum Gasteiger partial charge on any atom is 0.307 e. The molecule has 0 fully saturated rings. The molecule has 0 aliphatic carbocycles. The maximum atomic E-state index is 12.9. The number of nitrogens with zero attached hydrogens (tertiary/aromatic N) is 2. The van der Waals surface area contributed by atoms with E-state index in [1.807, 2.05) is 38.1 Å². The first-order valence-electron chi connectivity index (χ1n) is 11.0. The molecular formula is C26H29N3O5. The van der Waals surface area contributed by atoms with Gasteiger partial charge in [-0.2, -0.15) is 0 Å². The van der Waals surface area contributed by atoms with E-state index in [1.54, 1.807) is 42.9 Å². The predicted octanol–water partition coefficient (Wildman–Crippen LogP) is 3.63. The molecule has 0 spiro atoms. The van der Waals surface area contributed by atoms with Crippen molar-refractivity contribution in [3.05, 3.63) is 81.3 Å². The van der Waals surface area contributed by atoms with Crippen molar-refractivity contribution in [2.75, 3.05) is 5.32 Å². The number of hydrogen-bond acceptors (Lipinski definition) is 5. The minimum absolute atomic E-state index is 0.0186. The van der Waals surface area contributed by atoms with E-state index in [0.29, 0.717) is 16.9 Å². The molecule has 1 unspecified atom stereocenters. The van der Waals surface area contributed by atoms with E-state index in [2.05, 4.69) is 5.32 Å². The van der Waals surface area contributed by atoms with Gasteiger partial charge in [0.15, 0.2) is 11.9 Å². The van der Waals surface area contributed by atoms with Crippen LogP contribution in [-0.2, 0) is 21.4 Å². The monoisotopic (exact) mass is 463 g/mol. The number of esters is 1. The van der Waals surface area contributed by atoms with Gasteiger partial charge in [0.2, 0.25) is 0 Å². The zero-order chi connectivity index (χ0) is 25.0. The van der Waals surface area contributed by atoms with Crippen LogP contribution in [0.1, 0.15) is 46.9 Å². The zero-order valence-electron chi connectivity index (χ0n) is 20.0. The van der Waals surface area contributed by atoms with E-state index in [1.165, 1.54) is 11.6 Å². The second-order valence-electron chi connectivity index (χ2n) is 8.28. The molecule has 8 nitrogen and oxygen atoms in total. The lowest BCUT2D eigenvalue weighted by atomic mass is 10.0. The number of carbonyl (C=O) groups excluding carboxylic acids is 3. The normalized spacial score (nSPS) is 11.7. The number of para-hydroxylation sites is 1. The average Bonchev–Trinajstić information content (AvgIpc) is 3.02. The van der Waals surface area contributed by atoms with E-state index in [4.69, 9.17) is 4.74 Å². The van der Waals surface area contributed by atoms with Gasteiger partial charge in [-0.25, -0.2) is 4.68 Å². The molecule has 0 radical (unpaired) electrons. The Labute approximate surface area is 198 Å². The van der Waals surface area contributed by atoms with Gasteiger partial charge >= 0.3 is 5.97 Å². The lowest BCUT2D eigenvalue weighted by Gasteiger charge is -2.13. The second-order valence-corrected chi connectivity index (χ2v) is 8.28. The molecule has 1 atom stereocenters. The molecule has 3 rings (SSSR count). The van der Waals surface area contributed by atoms with E-state index in [-0.39, 0.29) is 24.3 Å². The minimum atomic E-state index is -1.13. The Morgan fingerprint density at radius 1 is 0.971 bits per heavy atom. The predicted molar refractivity (Wildman–Crippen MR) is 129 cm³/mol. The van der Waals surface area contributed by atoms with Gasteiger partial charge in [0.1, 0.15) is 5.69 Å². The highest BCUT2D eigenvalue weighted by Gasteiger charge is 2.23. The molecule has 178 valence electrons. The summed E-state index contributed by atoms with van der Waals surface area (Å²) >= 11 is 0. The highest BCUT2D eigenvalue weighted by Crippen LogP contribution is 2.15. The van der Waals surface area contributed by atoms with Crippen LogP contribution in [0.25, 0.3) is 5.69 Å². The molecule has 1 heterocycles. The number of carbonyl (C=O) groups is 3. The summed E-state index contributed by atoms with van der Waals surface area (Å²) in [4.78, 5) is 50.1. The van der Waals surface area contributed by atoms with E-state index < -0.39 is 23.5 Å². The first kappa shape index (κ1) is 24.7. The first-order valence-corrected chi connectivity index (χ1v) is 11.0. The number of rotatable bonds is 8. The number of anilines is 1. The van der Waals surface area contributed by atoms with Crippen LogP contribution in [0.5, 0.6) is 0 Å². The molecule has 2 aromatic carbocycles. The maximum absolute atomic E-state index is 12.9. The number of aromatic nitrogens is 2. The molecule has 0 saturated carbocycles. The number of hydrogen-bond donors (Lipinski definition) is 1. The number of ketones is 1. The summed E-state index contributed by atoms with van der Waals surface area (Å²) < 4.78 is 8.28. The Morgan fingerprint density at radius 2 is 1.65 bits per heavy atom. The molecule has 0 aliphatic rings. The van der Waals surface area contributed by atoms with Gasteiger partial charge in [-0.3, -0.25) is 23.9 Å². The third-order valence-electron chi connectivity index (χ3n) is 5.86. The van der Waals surface area contributed by atoms with Crippen molar-refractivity contribution in [2.24, 2.45) is 7.05 Å². The summed E-state index contributed by atoms with van der Waals surface area (Å²) in [7, 11) is 1.72. The Hall–Kier alpha value is -3.94. The highest BCUT2D eigenvalue weighted by atomic mass is 16.5. The van der Waals surface area contributed by atoms with Gasteiger partial charge in [-0.05, 0) is 57.0 Å². The third kappa shape index (κ3) is 5.33. The summed E-state index contributed by atoms with van der Waals surface area (Å²) in [5, 5.41) is 2.58. The number of aryl methyl sites for hydroxylation is 2. The van der Waals surface area contributed by atoms with E-state index in [0.717, 1.165) is 11.1 Å². The van der Waals surface area contributed by atoms with E-state index >= 15 is 0 Å². The van der Waals surface area contributed by atoms with E-state index in [9.17, 15) is 19.2 Å². The van der Waals surface area contributed by atoms with Crippen molar-refractivity contribution < 1.29 is 19.1 Å². The van der Waals surface area contributed by atoms with Crippen LogP contribution < -0.4 is 10.9 Å². The second kappa shape index (κ2) is 10.3. The Balaban J connectivity index is 1.61. The molecule has 3 aromatic rings. The number of Topliss-reactive ketones (excluding diaryl/α,β-unsaturated/α-hetero) is 1. The molecule has 1 aromatic heterocycles. The first-order chi connectivity index (χ1) is 16.1. The largest absolute Gasteiger partial charge is 0.453 e. The summed E-state index contributed by atoms with van der Waals surface area (Å²) in [6, 6.07) is 14.4. The summed E-state index contributed by atoms with van der Waals surface area (Å²) in [6.07, 6.45) is -1.29. The van der Waals surface area contributed by atoms with Crippen LogP contribution in [0.2, 0.25) is 0 Å². The number of ether oxygens (including phenoxy) is 1.